The van der Waals surface area contributed by atoms with Crippen LogP contribution in [0.15, 0.2) is 61.2 Å². The lowest BCUT2D eigenvalue weighted by Gasteiger charge is -2.08. The third-order valence-electron chi connectivity index (χ3n) is 3.93. The van der Waals surface area contributed by atoms with Crippen LogP contribution < -0.4 is 9.47 Å². The van der Waals surface area contributed by atoms with Crippen LogP contribution in [-0.2, 0) is 14.3 Å². The first-order chi connectivity index (χ1) is 15.0. The van der Waals surface area contributed by atoms with Crippen molar-refractivity contribution in [2.24, 2.45) is 0 Å². The summed E-state index contributed by atoms with van der Waals surface area (Å²) in [6.45, 7) is 3.74. The Morgan fingerprint density at radius 2 is 1.35 bits per heavy atom. The lowest BCUT2D eigenvalue weighted by atomic mass is 10.2. The van der Waals surface area contributed by atoms with Crippen molar-refractivity contribution < 1.29 is 38.4 Å². The average molecular weight is 428 g/mol. The minimum atomic E-state index is -0.569. The highest BCUT2D eigenvalue weighted by Crippen LogP contribution is 2.17. The Bertz CT molecular complexity index is 871. The second-order valence-electron chi connectivity index (χ2n) is 6.22. The van der Waals surface area contributed by atoms with Gasteiger partial charge in [0.2, 0.25) is 0 Å². The summed E-state index contributed by atoms with van der Waals surface area (Å²) in [5, 5.41) is 8.67. The molecule has 164 valence electrons. The van der Waals surface area contributed by atoms with Crippen LogP contribution in [0.1, 0.15) is 33.6 Å². The number of benzene rings is 2. The number of hydrogen-bond acceptors (Lipinski definition) is 8. The Morgan fingerprint density at radius 3 is 1.97 bits per heavy atom. The molecule has 0 atom stereocenters. The minimum absolute atomic E-state index is 0.0829. The summed E-state index contributed by atoms with van der Waals surface area (Å²) >= 11 is 0. The first-order valence-electron chi connectivity index (χ1n) is 9.65. The number of carbonyl (C=O) groups is 3. The first-order valence-corrected chi connectivity index (χ1v) is 9.65. The Hall–Kier alpha value is -3.65. The van der Waals surface area contributed by atoms with Crippen LogP contribution in [0.25, 0.3) is 0 Å². The first kappa shape index (κ1) is 23.6. The Balaban J connectivity index is 1.76. The fourth-order valence-electron chi connectivity index (χ4n) is 2.36. The van der Waals surface area contributed by atoms with Gasteiger partial charge in [0.25, 0.3) is 0 Å². The number of ether oxygens (including phenoxy) is 4. The predicted octanol–water partition coefficient (Wildman–Crippen LogP) is 2.94. The van der Waals surface area contributed by atoms with E-state index in [9.17, 15) is 14.4 Å². The molecule has 0 aliphatic rings. The van der Waals surface area contributed by atoms with Gasteiger partial charge in [-0.1, -0.05) is 6.58 Å². The van der Waals surface area contributed by atoms with E-state index in [-0.39, 0.29) is 24.5 Å². The van der Waals surface area contributed by atoms with Gasteiger partial charge in [0.1, 0.15) is 18.1 Å². The third kappa shape index (κ3) is 8.31. The third-order valence-corrected chi connectivity index (χ3v) is 3.93. The van der Waals surface area contributed by atoms with Crippen LogP contribution in [0, 0.1) is 0 Å². The van der Waals surface area contributed by atoms with Crippen LogP contribution in [-0.4, -0.2) is 49.4 Å². The van der Waals surface area contributed by atoms with Gasteiger partial charge in [0, 0.05) is 6.08 Å². The topological polar surface area (TPSA) is 108 Å². The molecule has 8 nitrogen and oxygen atoms in total. The summed E-state index contributed by atoms with van der Waals surface area (Å²) in [6, 6.07) is 12.4. The maximum Gasteiger partial charge on any atom is 0.343 e. The van der Waals surface area contributed by atoms with E-state index in [2.05, 4.69) is 6.58 Å². The highest BCUT2D eigenvalue weighted by atomic mass is 16.5. The van der Waals surface area contributed by atoms with Crippen molar-refractivity contribution in [1.82, 2.24) is 0 Å². The van der Waals surface area contributed by atoms with E-state index in [4.69, 9.17) is 24.1 Å². The van der Waals surface area contributed by atoms with E-state index < -0.39 is 17.9 Å². The summed E-state index contributed by atoms with van der Waals surface area (Å²) < 4.78 is 20.6. The number of aliphatic hydroxyl groups is 1. The van der Waals surface area contributed by atoms with E-state index >= 15 is 0 Å². The van der Waals surface area contributed by atoms with E-state index in [0.717, 1.165) is 6.08 Å². The van der Waals surface area contributed by atoms with Crippen LogP contribution in [0.2, 0.25) is 0 Å². The molecule has 31 heavy (non-hydrogen) atoms. The van der Waals surface area contributed by atoms with Gasteiger partial charge < -0.3 is 24.1 Å². The van der Waals surface area contributed by atoms with Gasteiger partial charge in [-0.05, 0) is 61.4 Å². The van der Waals surface area contributed by atoms with Gasteiger partial charge in [0.05, 0.1) is 30.9 Å². The van der Waals surface area contributed by atoms with Crippen molar-refractivity contribution in [2.45, 2.75) is 12.8 Å². The molecule has 0 bridgehead atoms. The monoisotopic (exact) mass is 428 g/mol. The Morgan fingerprint density at radius 1 is 0.774 bits per heavy atom. The molecule has 2 aromatic carbocycles. The lowest BCUT2D eigenvalue weighted by Crippen LogP contribution is -2.10. The lowest BCUT2D eigenvalue weighted by molar-refractivity contribution is -0.137. The molecule has 1 N–H and O–H groups in total. The number of rotatable bonds is 12. The van der Waals surface area contributed by atoms with Crippen LogP contribution >= 0.6 is 0 Å². The van der Waals surface area contributed by atoms with Crippen molar-refractivity contribution in [1.29, 1.82) is 0 Å². The second kappa shape index (κ2) is 12.8. The maximum atomic E-state index is 12.3. The summed E-state index contributed by atoms with van der Waals surface area (Å²) in [6.07, 6.45) is 2.49. The summed E-state index contributed by atoms with van der Waals surface area (Å²) in [5.74, 6) is -0.682. The number of aliphatic hydroxyl groups excluding tert-OH is 1. The Labute approximate surface area is 180 Å². The Kier molecular flexibility index (Phi) is 9.77. The zero-order chi connectivity index (χ0) is 22.5. The highest BCUT2D eigenvalue weighted by Gasteiger charge is 2.11. The van der Waals surface area contributed by atoms with Crippen LogP contribution in [0.4, 0.5) is 0 Å². The van der Waals surface area contributed by atoms with Crippen molar-refractivity contribution in [3.8, 4) is 11.5 Å². The molecule has 0 spiro atoms. The van der Waals surface area contributed by atoms with Crippen molar-refractivity contribution in [3.63, 3.8) is 0 Å². The molecule has 0 saturated carbocycles. The molecule has 0 unspecified atom stereocenters. The van der Waals surface area contributed by atoms with Crippen molar-refractivity contribution in [3.05, 3.63) is 72.3 Å². The average Bonchev–Trinajstić information content (AvgIpc) is 2.80. The number of hydrogen-bond donors (Lipinski definition) is 1. The number of unbranched alkanes of at least 4 members (excludes halogenated alkanes) is 1. The number of esters is 3. The largest absolute Gasteiger partial charge is 0.494 e. The fourth-order valence-corrected chi connectivity index (χ4v) is 2.36. The molecule has 0 saturated heterocycles. The molecule has 2 rings (SSSR count). The second-order valence-corrected chi connectivity index (χ2v) is 6.22. The van der Waals surface area contributed by atoms with E-state index in [1.165, 1.54) is 24.3 Å². The van der Waals surface area contributed by atoms with Gasteiger partial charge in [-0.25, -0.2) is 14.4 Å². The molecule has 0 heterocycles. The van der Waals surface area contributed by atoms with Crippen LogP contribution in [0.5, 0.6) is 11.5 Å². The molecular weight excluding hydrogens is 404 g/mol. The molecule has 0 amide bonds. The predicted molar refractivity (Wildman–Crippen MR) is 111 cm³/mol. The molecule has 0 aromatic heterocycles. The maximum absolute atomic E-state index is 12.3. The zero-order valence-corrected chi connectivity index (χ0v) is 17.0. The SMILES string of the molecule is C=CC(=O)OCCCCOc1ccc(C(=O)Oc2ccc(C(=O)OCCO)cc2)cc1. The standard InChI is InChI=1S/C23H24O8/c1-2-21(25)29-15-4-3-14-28-19-9-5-18(6-10-19)23(27)31-20-11-7-17(8-12-20)22(26)30-16-13-24/h2,5-12,24H,1,3-4,13-16H2. The molecule has 0 fully saturated rings. The summed E-state index contributed by atoms with van der Waals surface area (Å²) in [4.78, 5) is 34.9. The zero-order valence-electron chi connectivity index (χ0n) is 17.0. The molecule has 2 aromatic rings. The minimum Gasteiger partial charge on any atom is -0.494 e. The molecule has 8 heteroatoms. The highest BCUT2D eigenvalue weighted by molar-refractivity contribution is 5.92. The molecular formula is C23H24O8. The fraction of sp³-hybridized carbons (Fsp3) is 0.261. The van der Waals surface area contributed by atoms with E-state index in [1.807, 2.05) is 0 Å². The molecule has 0 aliphatic heterocycles. The normalized spacial score (nSPS) is 10.1. The van der Waals surface area contributed by atoms with Crippen molar-refractivity contribution in [2.75, 3.05) is 26.4 Å². The van der Waals surface area contributed by atoms with Gasteiger partial charge in [-0.3, -0.25) is 0 Å². The summed E-state index contributed by atoms with van der Waals surface area (Å²) in [5.41, 5.74) is 0.628. The van der Waals surface area contributed by atoms with Gasteiger partial charge >= 0.3 is 17.9 Å². The van der Waals surface area contributed by atoms with E-state index in [0.29, 0.717) is 37.4 Å². The van der Waals surface area contributed by atoms with Crippen LogP contribution in [0.3, 0.4) is 0 Å². The number of carbonyl (C=O) groups excluding carboxylic acids is 3. The van der Waals surface area contributed by atoms with Gasteiger partial charge in [0.15, 0.2) is 0 Å². The van der Waals surface area contributed by atoms with Gasteiger partial charge in [-0.15, -0.1) is 0 Å². The smallest absolute Gasteiger partial charge is 0.343 e. The molecule has 0 radical (unpaired) electrons. The van der Waals surface area contributed by atoms with E-state index in [1.54, 1.807) is 24.3 Å². The quantitative estimate of drug-likeness (QED) is 0.238. The molecule has 0 aliphatic carbocycles. The van der Waals surface area contributed by atoms with Gasteiger partial charge in [-0.2, -0.15) is 0 Å². The summed E-state index contributed by atoms with van der Waals surface area (Å²) in [7, 11) is 0. The van der Waals surface area contributed by atoms with Crippen molar-refractivity contribution >= 4 is 17.9 Å².